The minimum atomic E-state index is -0.0680. The molecule has 154 valence electrons. The maximum atomic E-state index is 12.5. The van der Waals surface area contributed by atoms with Gasteiger partial charge in [0.15, 0.2) is 0 Å². The van der Waals surface area contributed by atoms with Gasteiger partial charge in [-0.25, -0.2) is 4.79 Å². The molecule has 1 atom stereocenters. The number of methoxy groups -OCH3 is 1. The van der Waals surface area contributed by atoms with Crippen LogP contribution in [0.2, 0.25) is 0 Å². The van der Waals surface area contributed by atoms with E-state index in [1.165, 1.54) is 0 Å². The zero-order chi connectivity index (χ0) is 20.5. The molecule has 29 heavy (non-hydrogen) atoms. The second-order valence-electron chi connectivity index (χ2n) is 7.38. The Kier molecular flexibility index (Phi) is 7.50. The largest absolute Gasteiger partial charge is 0.496 e. The summed E-state index contributed by atoms with van der Waals surface area (Å²) in [4.78, 5) is 26.6. The van der Waals surface area contributed by atoms with Crippen LogP contribution in [0.5, 0.6) is 5.75 Å². The molecule has 1 aliphatic rings. The second-order valence-corrected chi connectivity index (χ2v) is 7.38. The van der Waals surface area contributed by atoms with Gasteiger partial charge >= 0.3 is 6.03 Å². The lowest BCUT2D eigenvalue weighted by molar-refractivity contribution is -0.121. The fraction of sp³-hybridized carbons (Fsp3) is 0.391. The average Bonchev–Trinajstić information content (AvgIpc) is 2.77. The molecule has 1 aliphatic heterocycles. The van der Waals surface area contributed by atoms with Gasteiger partial charge in [0.1, 0.15) is 5.75 Å². The smallest absolute Gasteiger partial charge is 0.321 e. The molecule has 6 nitrogen and oxygen atoms in total. The fourth-order valence-electron chi connectivity index (χ4n) is 3.68. The molecule has 0 aromatic heterocycles. The molecule has 3 rings (SSSR count). The van der Waals surface area contributed by atoms with Gasteiger partial charge in [0.25, 0.3) is 0 Å². The van der Waals surface area contributed by atoms with Crippen molar-refractivity contribution < 1.29 is 14.3 Å². The third-order valence-electron chi connectivity index (χ3n) is 5.28. The van der Waals surface area contributed by atoms with Gasteiger partial charge in [-0.2, -0.15) is 0 Å². The number of anilines is 1. The summed E-state index contributed by atoms with van der Waals surface area (Å²) in [5.41, 5.74) is 1.76. The summed E-state index contributed by atoms with van der Waals surface area (Å²) in [5.74, 6) is 1.16. The standard InChI is InChI=1S/C23H29N3O3/c1-29-21-12-6-5-9-19(21)16-24-22(27)14-13-18-8-7-15-26(17-18)23(28)25-20-10-3-2-4-11-20/h2-6,9-12,18H,7-8,13-17H2,1H3,(H,24,27)(H,25,28). The summed E-state index contributed by atoms with van der Waals surface area (Å²) in [6.45, 7) is 1.91. The first-order valence-corrected chi connectivity index (χ1v) is 10.2. The number of para-hydroxylation sites is 2. The first kappa shape index (κ1) is 20.7. The lowest BCUT2D eigenvalue weighted by Gasteiger charge is -2.32. The Bertz CT molecular complexity index is 810. The van der Waals surface area contributed by atoms with E-state index in [4.69, 9.17) is 4.74 Å². The van der Waals surface area contributed by atoms with Crippen molar-refractivity contribution in [3.8, 4) is 5.75 Å². The van der Waals surface area contributed by atoms with Gasteiger partial charge in [0.05, 0.1) is 7.11 Å². The molecular weight excluding hydrogens is 366 g/mol. The number of nitrogens with zero attached hydrogens (tertiary/aromatic N) is 1. The highest BCUT2D eigenvalue weighted by molar-refractivity contribution is 5.89. The van der Waals surface area contributed by atoms with E-state index in [2.05, 4.69) is 10.6 Å². The van der Waals surface area contributed by atoms with Crippen LogP contribution in [-0.2, 0) is 11.3 Å². The predicted molar refractivity (Wildman–Crippen MR) is 114 cm³/mol. The van der Waals surface area contributed by atoms with E-state index in [1.807, 2.05) is 59.5 Å². The number of ether oxygens (including phenoxy) is 1. The number of piperidine rings is 1. The number of hydrogen-bond donors (Lipinski definition) is 2. The van der Waals surface area contributed by atoms with Crippen molar-refractivity contribution in [2.24, 2.45) is 5.92 Å². The van der Waals surface area contributed by atoms with Crippen LogP contribution in [0.3, 0.4) is 0 Å². The van der Waals surface area contributed by atoms with Crippen molar-refractivity contribution in [1.82, 2.24) is 10.2 Å². The number of carbonyl (C=O) groups is 2. The van der Waals surface area contributed by atoms with Crippen LogP contribution < -0.4 is 15.4 Å². The molecule has 1 fully saturated rings. The summed E-state index contributed by atoms with van der Waals surface area (Å²) < 4.78 is 5.31. The minimum absolute atomic E-state index is 0.0294. The van der Waals surface area contributed by atoms with Crippen LogP contribution >= 0.6 is 0 Å². The Morgan fingerprint density at radius 2 is 1.86 bits per heavy atom. The van der Waals surface area contributed by atoms with Crippen LogP contribution in [0.4, 0.5) is 10.5 Å². The third kappa shape index (κ3) is 6.24. The van der Waals surface area contributed by atoms with E-state index in [0.717, 1.165) is 42.8 Å². The van der Waals surface area contributed by atoms with Gasteiger partial charge in [-0.3, -0.25) is 4.79 Å². The van der Waals surface area contributed by atoms with Gasteiger partial charge < -0.3 is 20.3 Å². The Morgan fingerprint density at radius 1 is 1.10 bits per heavy atom. The van der Waals surface area contributed by atoms with Gasteiger partial charge in [-0.05, 0) is 43.4 Å². The highest BCUT2D eigenvalue weighted by Crippen LogP contribution is 2.22. The topological polar surface area (TPSA) is 70.7 Å². The van der Waals surface area contributed by atoms with Crippen molar-refractivity contribution in [2.75, 3.05) is 25.5 Å². The molecule has 0 saturated carbocycles. The molecule has 3 amide bonds. The summed E-state index contributed by atoms with van der Waals surface area (Å²) in [6, 6.07) is 17.1. The van der Waals surface area contributed by atoms with E-state index in [0.29, 0.717) is 25.4 Å². The quantitative estimate of drug-likeness (QED) is 0.743. The van der Waals surface area contributed by atoms with Crippen LogP contribution in [0.1, 0.15) is 31.2 Å². The summed E-state index contributed by atoms with van der Waals surface area (Å²) in [7, 11) is 1.63. The molecule has 2 aromatic rings. The molecule has 1 saturated heterocycles. The molecule has 1 unspecified atom stereocenters. The number of urea groups is 1. The predicted octanol–water partition coefficient (Wildman–Crippen LogP) is 4.04. The molecule has 2 aromatic carbocycles. The number of rotatable bonds is 7. The highest BCUT2D eigenvalue weighted by Gasteiger charge is 2.24. The Morgan fingerprint density at radius 3 is 2.66 bits per heavy atom. The van der Waals surface area contributed by atoms with Crippen molar-refractivity contribution in [1.29, 1.82) is 0 Å². The van der Waals surface area contributed by atoms with Crippen molar-refractivity contribution in [2.45, 2.75) is 32.2 Å². The monoisotopic (exact) mass is 395 g/mol. The zero-order valence-electron chi connectivity index (χ0n) is 16.9. The SMILES string of the molecule is COc1ccccc1CNC(=O)CCC1CCCN(C(=O)Nc2ccccc2)C1. The third-order valence-corrected chi connectivity index (χ3v) is 5.28. The number of benzene rings is 2. The van der Waals surface area contributed by atoms with Crippen LogP contribution in [0, 0.1) is 5.92 Å². The zero-order valence-corrected chi connectivity index (χ0v) is 16.9. The van der Waals surface area contributed by atoms with E-state index >= 15 is 0 Å². The number of amides is 3. The van der Waals surface area contributed by atoms with E-state index in [9.17, 15) is 9.59 Å². The normalized spacial score (nSPS) is 16.2. The van der Waals surface area contributed by atoms with Crippen LogP contribution in [0.25, 0.3) is 0 Å². The highest BCUT2D eigenvalue weighted by atomic mass is 16.5. The number of likely N-dealkylation sites (tertiary alicyclic amines) is 1. The number of carbonyl (C=O) groups excluding carboxylic acids is 2. The Labute approximate surface area is 172 Å². The molecule has 0 radical (unpaired) electrons. The maximum Gasteiger partial charge on any atom is 0.321 e. The summed E-state index contributed by atoms with van der Waals surface area (Å²) in [6.07, 6.45) is 3.27. The molecular formula is C23H29N3O3. The van der Waals surface area contributed by atoms with Crippen LogP contribution in [0.15, 0.2) is 54.6 Å². The van der Waals surface area contributed by atoms with Crippen LogP contribution in [-0.4, -0.2) is 37.0 Å². The molecule has 0 aliphatic carbocycles. The molecule has 0 bridgehead atoms. The van der Waals surface area contributed by atoms with Crippen molar-refractivity contribution >= 4 is 17.6 Å². The maximum absolute atomic E-state index is 12.5. The second kappa shape index (κ2) is 10.5. The minimum Gasteiger partial charge on any atom is -0.496 e. The van der Waals surface area contributed by atoms with Gasteiger partial charge in [-0.1, -0.05) is 36.4 Å². The Hall–Kier alpha value is -3.02. The van der Waals surface area contributed by atoms with Crippen molar-refractivity contribution in [3.63, 3.8) is 0 Å². The van der Waals surface area contributed by atoms with Gasteiger partial charge in [-0.15, -0.1) is 0 Å². The van der Waals surface area contributed by atoms with Gasteiger partial charge in [0.2, 0.25) is 5.91 Å². The number of nitrogens with one attached hydrogen (secondary N) is 2. The first-order chi connectivity index (χ1) is 14.2. The lowest BCUT2D eigenvalue weighted by atomic mass is 9.93. The average molecular weight is 396 g/mol. The lowest BCUT2D eigenvalue weighted by Crippen LogP contribution is -2.42. The summed E-state index contributed by atoms with van der Waals surface area (Å²) >= 11 is 0. The van der Waals surface area contributed by atoms with Crippen molar-refractivity contribution in [3.05, 3.63) is 60.2 Å². The molecule has 6 heteroatoms. The van der Waals surface area contributed by atoms with E-state index < -0.39 is 0 Å². The van der Waals surface area contributed by atoms with E-state index in [1.54, 1.807) is 7.11 Å². The summed E-state index contributed by atoms with van der Waals surface area (Å²) in [5, 5.41) is 5.91. The number of hydrogen-bond acceptors (Lipinski definition) is 3. The Balaban J connectivity index is 1.42. The molecule has 0 spiro atoms. The fourth-order valence-corrected chi connectivity index (χ4v) is 3.68. The first-order valence-electron chi connectivity index (χ1n) is 10.2. The van der Waals surface area contributed by atoms with E-state index in [-0.39, 0.29) is 11.9 Å². The molecule has 1 heterocycles. The van der Waals surface area contributed by atoms with Gasteiger partial charge in [0, 0.05) is 37.3 Å². The molecule has 2 N–H and O–H groups in total.